The van der Waals surface area contributed by atoms with Crippen molar-refractivity contribution in [2.75, 3.05) is 11.1 Å². The van der Waals surface area contributed by atoms with Crippen molar-refractivity contribution in [1.82, 2.24) is 20.1 Å². The van der Waals surface area contributed by atoms with Crippen LogP contribution >= 0.6 is 11.8 Å². The van der Waals surface area contributed by atoms with E-state index in [0.29, 0.717) is 28.8 Å². The second-order valence-corrected chi connectivity index (χ2v) is 8.00. The number of anilines is 1. The molecular weight excluding hydrogens is 463 g/mol. The maximum atomic E-state index is 13.8. The number of carbonyl (C=O) groups excluding carboxylic acids is 2. The molecule has 3 aromatic rings. The van der Waals surface area contributed by atoms with Gasteiger partial charge in [-0.15, -0.1) is 16.8 Å². The number of rotatable bonds is 10. The Hall–Kier alpha value is -4.06. The molecule has 2 aromatic carbocycles. The predicted octanol–water partition coefficient (Wildman–Crippen LogP) is 3.48. The van der Waals surface area contributed by atoms with Gasteiger partial charge < -0.3 is 15.2 Å². The average molecular weight is 485 g/mol. The summed E-state index contributed by atoms with van der Waals surface area (Å²) in [5, 5.41) is 24.8. The molecule has 2 N–H and O–H groups in total. The van der Waals surface area contributed by atoms with E-state index in [9.17, 15) is 24.1 Å². The number of allylic oxidation sites excluding steroid dienone is 1. The summed E-state index contributed by atoms with van der Waals surface area (Å²) in [5.74, 6) is -1.12. The van der Waals surface area contributed by atoms with Gasteiger partial charge in [0.05, 0.1) is 22.8 Å². The lowest BCUT2D eigenvalue weighted by atomic mass is 10.2. The van der Waals surface area contributed by atoms with Crippen LogP contribution in [0.5, 0.6) is 0 Å². The zero-order valence-corrected chi connectivity index (χ0v) is 19.0. The van der Waals surface area contributed by atoms with E-state index in [2.05, 4.69) is 27.4 Å². The summed E-state index contributed by atoms with van der Waals surface area (Å²) in [7, 11) is 0. The number of thioether (sulfide) groups is 1. The molecule has 1 heterocycles. The molecule has 0 aliphatic carbocycles. The Balaban J connectivity index is 1.62. The molecule has 10 nitrogen and oxygen atoms in total. The number of hydrogen-bond acceptors (Lipinski definition) is 7. The van der Waals surface area contributed by atoms with E-state index in [0.717, 1.165) is 11.8 Å². The first-order valence-corrected chi connectivity index (χ1v) is 11.0. The topological polar surface area (TPSA) is 132 Å². The fraction of sp³-hybridized carbons (Fsp3) is 0.182. The Morgan fingerprint density at radius 3 is 2.71 bits per heavy atom. The van der Waals surface area contributed by atoms with Gasteiger partial charge in [-0.2, -0.15) is 0 Å². The number of aromatic nitrogens is 3. The molecule has 0 atom stereocenters. The Kier molecular flexibility index (Phi) is 8.09. The lowest BCUT2D eigenvalue weighted by Gasteiger charge is -2.10. The Morgan fingerprint density at radius 2 is 2.03 bits per heavy atom. The Labute approximate surface area is 198 Å². The fourth-order valence-corrected chi connectivity index (χ4v) is 3.75. The first kappa shape index (κ1) is 24.6. The minimum atomic E-state index is -0.627. The van der Waals surface area contributed by atoms with E-state index >= 15 is 0 Å². The van der Waals surface area contributed by atoms with E-state index in [-0.39, 0.29) is 29.5 Å². The van der Waals surface area contributed by atoms with E-state index in [1.807, 2.05) is 0 Å². The van der Waals surface area contributed by atoms with Gasteiger partial charge in [0.1, 0.15) is 5.82 Å². The monoisotopic (exact) mass is 484 g/mol. The van der Waals surface area contributed by atoms with E-state index < -0.39 is 16.6 Å². The highest BCUT2D eigenvalue weighted by Gasteiger charge is 2.17. The van der Waals surface area contributed by atoms with Crippen molar-refractivity contribution >= 4 is 35.0 Å². The minimum Gasteiger partial charge on any atom is -0.345 e. The van der Waals surface area contributed by atoms with Crippen molar-refractivity contribution < 1.29 is 18.9 Å². The molecule has 0 bridgehead atoms. The number of aryl methyl sites for hydroxylation is 1. The van der Waals surface area contributed by atoms with E-state index in [1.54, 1.807) is 23.6 Å². The minimum absolute atomic E-state index is 0.00273. The molecule has 0 aliphatic rings. The normalized spacial score (nSPS) is 10.5. The molecule has 0 unspecified atom stereocenters. The lowest BCUT2D eigenvalue weighted by molar-refractivity contribution is -0.384. The third-order valence-corrected chi connectivity index (χ3v) is 5.62. The zero-order valence-electron chi connectivity index (χ0n) is 18.2. The number of nitrogens with zero attached hydrogens (tertiary/aromatic N) is 4. The van der Waals surface area contributed by atoms with Crippen LogP contribution in [0.25, 0.3) is 0 Å². The standard InChI is InChI=1S/C22H21FN6O4S/c1-3-10-28-19(12-24-21(31)16-6-4-5-7-17(16)23)26-27-22(28)34-13-20(30)25-18-9-8-15(29(32)33)11-14(18)2/h3-9,11H,1,10,12-13H2,2H3,(H,24,31)(H,25,30). The average Bonchev–Trinajstić information content (AvgIpc) is 3.19. The Morgan fingerprint density at radius 1 is 1.26 bits per heavy atom. The number of carbonyl (C=O) groups is 2. The molecule has 0 spiro atoms. The van der Waals surface area contributed by atoms with Crippen molar-refractivity contribution in [3.63, 3.8) is 0 Å². The number of nitro groups is 1. The number of halogens is 1. The largest absolute Gasteiger partial charge is 0.345 e. The molecule has 1 aromatic heterocycles. The van der Waals surface area contributed by atoms with Crippen molar-refractivity contribution in [3.05, 3.63) is 88.0 Å². The van der Waals surface area contributed by atoms with Crippen molar-refractivity contribution in [3.8, 4) is 0 Å². The predicted molar refractivity (Wildman–Crippen MR) is 125 cm³/mol. The number of hydrogen-bond donors (Lipinski definition) is 2. The second kappa shape index (κ2) is 11.2. The summed E-state index contributed by atoms with van der Waals surface area (Å²) < 4.78 is 15.5. The molecular formula is C22H21FN6O4S. The number of non-ortho nitro benzene ring substituents is 1. The van der Waals surface area contributed by atoms with Crippen LogP contribution in [0.15, 0.2) is 60.3 Å². The highest BCUT2D eigenvalue weighted by molar-refractivity contribution is 7.99. The van der Waals surface area contributed by atoms with Crippen LogP contribution in [0.4, 0.5) is 15.8 Å². The molecule has 0 fully saturated rings. The number of amides is 2. The van der Waals surface area contributed by atoms with E-state index in [4.69, 9.17) is 0 Å². The molecule has 176 valence electrons. The van der Waals surface area contributed by atoms with Gasteiger partial charge in [-0.1, -0.05) is 30.0 Å². The summed E-state index contributed by atoms with van der Waals surface area (Å²) in [6, 6.07) is 9.82. The summed E-state index contributed by atoms with van der Waals surface area (Å²) in [5.41, 5.74) is 0.901. The smallest absolute Gasteiger partial charge is 0.269 e. The van der Waals surface area contributed by atoms with Gasteiger partial charge in [-0.05, 0) is 30.7 Å². The molecule has 3 rings (SSSR count). The highest BCUT2D eigenvalue weighted by Crippen LogP contribution is 2.22. The second-order valence-electron chi connectivity index (χ2n) is 7.05. The SMILES string of the molecule is C=CCn1c(CNC(=O)c2ccccc2F)nnc1SCC(=O)Nc1ccc([N+](=O)[O-])cc1C. The molecule has 0 radical (unpaired) electrons. The van der Waals surface area contributed by atoms with Gasteiger partial charge in [-0.3, -0.25) is 19.7 Å². The number of nitrogens with one attached hydrogen (secondary N) is 2. The maximum Gasteiger partial charge on any atom is 0.269 e. The first-order chi connectivity index (χ1) is 16.3. The van der Waals surface area contributed by atoms with Crippen LogP contribution in [0, 0.1) is 22.9 Å². The summed E-state index contributed by atoms with van der Waals surface area (Å²) in [4.78, 5) is 35.0. The lowest BCUT2D eigenvalue weighted by Crippen LogP contribution is -2.25. The van der Waals surface area contributed by atoms with Crippen molar-refractivity contribution in [2.24, 2.45) is 0 Å². The van der Waals surface area contributed by atoms with Crippen molar-refractivity contribution in [2.45, 2.75) is 25.2 Å². The van der Waals surface area contributed by atoms with Crippen LogP contribution in [-0.4, -0.2) is 37.3 Å². The highest BCUT2D eigenvalue weighted by atomic mass is 32.2. The molecule has 0 aliphatic heterocycles. The van der Waals surface area contributed by atoms with Gasteiger partial charge in [0.2, 0.25) is 5.91 Å². The Bertz CT molecular complexity index is 1250. The summed E-state index contributed by atoms with van der Waals surface area (Å²) in [6.45, 7) is 5.71. The summed E-state index contributed by atoms with van der Waals surface area (Å²) >= 11 is 1.13. The number of nitro benzene ring substituents is 1. The van der Waals surface area contributed by atoms with Gasteiger partial charge in [0.25, 0.3) is 11.6 Å². The van der Waals surface area contributed by atoms with Crippen LogP contribution in [0.3, 0.4) is 0 Å². The van der Waals surface area contributed by atoms with Gasteiger partial charge in [0, 0.05) is 24.4 Å². The molecule has 0 saturated heterocycles. The third kappa shape index (κ3) is 6.04. The quantitative estimate of drug-likeness (QED) is 0.195. The maximum absolute atomic E-state index is 13.8. The number of benzene rings is 2. The first-order valence-electron chi connectivity index (χ1n) is 10.0. The van der Waals surface area contributed by atoms with Gasteiger partial charge in [0.15, 0.2) is 11.0 Å². The van der Waals surface area contributed by atoms with E-state index in [1.165, 1.54) is 36.4 Å². The third-order valence-electron chi connectivity index (χ3n) is 4.66. The van der Waals surface area contributed by atoms with Gasteiger partial charge in [-0.25, -0.2) is 4.39 Å². The van der Waals surface area contributed by atoms with Crippen molar-refractivity contribution in [1.29, 1.82) is 0 Å². The van der Waals surface area contributed by atoms with Crippen LogP contribution in [-0.2, 0) is 17.9 Å². The van der Waals surface area contributed by atoms with Gasteiger partial charge >= 0.3 is 0 Å². The molecule has 2 amide bonds. The fourth-order valence-electron chi connectivity index (χ4n) is 2.99. The van der Waals surface area contributed by atoms with Crippen LogP contribution in [0.2, 0.25) is 0 Å². The zero-order chi connectivity index (χ0) is 24.7. The molecule has 34 heavy (non-hydrogen) atoms. The summed E-state index contributed by atoms with van der Waals surface area (Å²) in [6.07, 6.45) is 1.62. The van der Waals surface area contributed by atoms with Crippen LogP contribution in [0.1, 0.15) is 21.7 Å². The molecule has 12 heteroatoms. The molecule has 0 saturated carbocycles. The van der Waals surface area contributed by atoms with Crippen LogP contribution < -0.4 is 10.6 Å².